The summed E-state index contributed by atoms with van der Waals surface area (Å²) in [6, 6.07) is 6.83. The van der Waals surface area contributed by atoms with E-state index in [1.165, 1.54) is 0 Å². The number of nitrogens with zero attached hydrogens (tertiary/aromatic N) is 1. The van der Waals surface area contributed by atoms with Gasteiger partial charge in [0.2, 0.25) is 0 Å². The monoisotopic (exact) mass is 303 g/mol. The normalized spacial score (nSPS) is 12.5. The third-order valence-electron chi connectivity index (χ3n) is 3.89. The van der Waals surface area contributed by atoms with E-state index in [2.05, 4.69) is 15.3 Å². The molecular formula is C16H21N3O3. The molecule has 1 aromatic heterocycles. The van der Waals surface area contributed by atoms with Gasteiger partial charge in [-0.1, -0.05) is 38.8 Å². The molecule has 2 rings (SSSR count). The molecule has 0 aliphatic rings. The number of carbonyl (C=O) groups excluding carboxylic acids is 1. The topological polar surface area (TPSA) is 95.1 Å². The number of aromatic nitrogens is 2. The van der Waals surface area contributed by atoms with Gasteiger partial charge in [-0.2, -0.15) is 0 Å². The lowest BCUT2D eigenvalue weighted by Gasteiger charge is -2.20. The number of nitrogens with one attached hydrogen (secondary N) is 2. The number of H-pyrrole nitrogens is 1. The van der Waals surface area contributed by atoms with Crippen LogP contribution in [0, 0.1) is 5.92 Å². The number of aromatic amines is 1. The highest BCUT2D eigenvalue weighted by atomic mass is 16.3. The summed E-state index contributed by atoms with van der Waals surface area (Å²) in [5.41, 5.74) is 0.119. The Morgan fingerprint density at radius 1 is 1.32 bits per heavy atom. The second-order valence-corrected chi connectivity index (χ2v) is 5.29. The van der Waals surface area contributed by atoms with Crippen molar-refractivity contribution in [3.05, 3.63) is 40.4 Å². The smallest absolute Gasteiger partial charge is 0.287 e. The molecule has 0 radical (unpaired) electrons. The Hall–Kier alpha value is -2.21. The molecule has 1 aromatic carbocycles. The predicted molar refractivity (Wildman–Crippen MR) is 84.8 cm³/mol. The fourth-order valence-electron chi connectivity index (χ4n) is 2.47. The third-order valence-corrected chi connectivity index (χ3v) is 3.89. The van der Waals surface area contributed by atoms with Gasteiger partial charge in [0.15, 0.2) is 5.82 Å². The Labute approximate surface area is 128 Å². The first kappa shape index (κ1) is 16.2. The molecule has 2 aromatic rings. The molecule has 0 unspecified atom stereocenters. The highest BCUT2D eigenvalue weighted by Gasteiger charge is 2.18. The molecule has 3 N–H and O–H groups in total. The van der Waals surface area contributed by atoms with E-state index in [-0.39, 0.29) is 23.8 Å². The van der Waals surface area contributed by atoms with Gasteiger partial charge in [-0.3, -0.25) is 9.59 Å². The van der Waals surface area contributed by atoms with Crippen LogP contribution in [0.25, 0.3) is 10.9 Å². The second-order valence-electron chi connectivity index (χ2n) is 5.29. The summed E-state index contributed by atoms with van der Waals surface area (Å²) in [7, 11) is 0. The molecule has 1 atom stereocenters. The fraction of sp³-hybridized carbons (Fsp3) is 0.438. The minimum absolute atomic E-state index is 0.0413. The van der Waals surface area contributed by atoms with Gasteiger partial charge in [-0.05, 0) is 18.1 Å². The van der Waals surface area contributed by atoms with E-state index in [0.29, 0.717) is 10.9 Å². The second kappa shape index (κ2) is 7.17. The largest absolute Gasteiger partial charge is 0.391 e. The zero-order chi connectivity index (χ0) is 16.1. The average Bonchev–Trinajstić information content (AvgIpc) is 2.53. The number of para-hydroxylation sites is 1. The first-order chi connectivity index (χ1) is 10.6. The molecule has 0 fully saturated rings. The van der Waals surface area contributed by atoms with E-state index < -0.39 is 12.0 Å². The zero-order valence-corrected chi connectivity index (χ0v) is 12.8. The maximum Gasteiger partial charge on any atom is 0.287 e. The zero-order valence-electron chi connectivity index (χ0n) is 12.8. The number of carbonyl (C=O) groups is 1. The van der Waals surface area contributed by atoms with Crippen LogP contribution in [0.4, 0.5) is 0 Å². The number of benzene rings is 1. The predicted octanol–water partition coefficient (Wildman–Crippen LogP) is 1.45. The molecule has 0 aliphatic heterocycles. The van der Waals surface area contributed by atoms with Gasteiger partial charge in [-0.15, -0.1) is 0 Å². The van der Waals surface area contributed by atoms with Gasteiger partial charge in [-0.25, -0.2) is 4.98 Å². The van der Waals surface area contributed by atoms with Crippen LogP contribution in [0.2, 0.25) is 0 Å². The number of hydrogen-bond acceptors (Lipinski definition) is 4. The van der Waals surface area contributed by atoms with Crippen molar-refractivity contribution in [1.82, 2.24) is 15.3 Å². The summed E-state index contributed by atoms with van der Waals surface area (Å²) >= 11 is 0. The fourth-order valence-corrected chi connectivity index (χ4v) is 2.47. The molecule has 1 amide bonds. The standard InChI is InChI=1S/C16H21N3O3/c1-3-10(4-2)13(20)9-17-16(22)14-18-12-8-6-5-7-11(12)15(21)19-14/h5-8,10,13,20H,3-4,9H2,1-2H3,(H,17,22)(H,18,19,21)/t13-/m1/s1. The van der Waals surface area contributed by atoms with Crippen molar-refractivity contribution in [2.75, 3.05) is 6.54 Å². The van der Waals surface area contributed by atoms with Gasteiger partial charge in [0.05, 0.1) is 17.0 Å². The van der Waals surface area contributed by atoms with Crippen molar-refractivity contribution < 1.29 is 9.90 Å². The molecule has 6 heteroatoms. The number of rotatable bonds is 6. The third kappa shape index (κ3) is 3.51. The molecule has 1 heterocycles. The van der Waals surface area contributed by atoms with Gasteiger partial charge in [0.1, 0.15) is 0 Å². The molecule has 0 saturated carbocycles. The van der Waals surface area contributed by atoms with Crippen molar-refractivity contribution in [2.45, 2.75) is 32.8 Å². The van der Waals surface area contributed by atoms with Crippen molar-refractivity contribution in [3.8, 4) is 0 Å². The van der Waals surface area contributed by atoms with Crippen LogP contribution in [-0.4, -0.2) is 33.6 Å². The van der Waals surface area contributed by atoms with Crippen molar-refractivity contribution >= 4 is 16.8 Å². The van der Waals surface area contributed by atoms with Crippen molar-refractivity contribution in [2.24, 2.45) is 5.92 Å². The number of fused-ring (bicyclic) bond motifs is 1. The molecule has 118 valence electrons. The molecule has 0 aliphatic carbocycles. The van der Waals surface area contributed by atoms with Gasteiger partial charge < -0.3 is 15.4 Å². The van der Waals surface area contributed by atoms with E-state index >= 15 is 0 Å². The number of aliphatic hydroxyl groups is 1. The lowest BCUT2D eigenvalue weighted by Crippen LogP contribution is -2.37. The minimum Gasteiger partial charge on any atom is -0.391 e. The highest BCUT2D eigenvalue weighted by molar-refractivity contribution is 5.92. The first-order valence-electron chi connectivity index (χ1n) is 7.52. The van der Waals surface area contributed by atoms with Crippen LogP contribution in [0.1, 0.15) is 37.3 Å². The lowest BCUT2D eigenvalue weighted by atomic mass is 9.96. The molecule has 0 saturated heterocycles. The van der Waals surface area contributed by atoms with Crippen molar-refractivity contribution in [1.29, 1.82) is 0 Å². The molecule has 0 bridgehead atoms. The van der Waals surface area contributed by atoms with Crippen LogP contribution >= 0.6 is 0 Å². The summed E-state index contributed by atoms with van der Waals surface area (Å²) in [4.78, 5) is 30.6. The molecule has 22 heavy (non-hydrogen) atoms. The minimum atomic E-state index is -0.605. The SMILES string of the molecule is CCC(CC)[C@H](O)CNC(=O)c1nc2ccccc2c(=O)[nH]1. The molecular weight excluding hydrogens is 282 g/mol. The Morgan fingerprint density at radius 3 is 2.68 bits per heavy atom. The van der Waals surface area contributed by atoms with Gasteiger partial charge in [0, 0.05) is 6.54 Å². The summed E-state index contributed by atoms with van der Waals surface area (Å²) < 4.78 is 0. The molecule has 6 nitrogen and oxygen atoms in total. The van der Waals surface area contributed by atoms with E-state index in [9.17, 15) is 14.7 Å². The van der Waals surface area contributed by atoms with E-state index in [1.54, 1.807) is 24.3 Å². The maximum absolute atomic E-state index is 12.1. The number of hydrogen-bond donors (Lipinski definition) is 3. The highest BCUT2D eigenvalue weighted by Crippen LogP contribution is 2.12. The van der Waals surface area contributed by atoms with Gasteiger partial charge in [0.25, 0.3) is 11.5 Å². The van der Waals surface area contributed by atoms with Crippen LogP contribution in [0.5, 0.6) is 0 Å². The number of aliphatic hydroxyl groups excluding tert-OH is 1. The van der Waals surface area contributed by atoms with Crippen LogP contribution in [0.15, 0.2) is 29.1 Å². The first-order valence-corrected chi connectivity index (χ1v) is 7.52. The Kier molecular flexibility index (Phi) is 5.27. The maximum atomic E-state index is 12.1. The average molecular weight is 303 g/mol. The van der Waals surface area contributed by atoms with E-state index in [0.717, 1.165) is 12.8 Å². The van der Waals surface area contributed by atoms with E-state index in [4.69, 9.17) is 0 Å². The summed E-state index contributed by atoms with van der Waals surface area (Å²) in [5.74, 6) is -0.391. The quantitative estimate of drug-likeness (QED) is 0.752. The van der Waals surface area contributed by atoms with E-state index in [1.807, 2.05) is 13.8 Å². The number of amides is 1. The molecule has 0 spiro atoms. The Balaban J connectivity index is 2.12. The Morgan fingerprint density at radius 2 is 2.00 bits per heavy atom. The van der Waals surface area contributed by atoms with Crippen molar-refractivity contribution in [3.63, 3.8) is 0 Å². The van der Waals surface area contributed by atoms with Crippen LogP contribution in [0.3, 0.4) is 0 Å². The Bertz CT molecular complexity index is 707. The summed E-state index contributed by atoms with van der Waals surface area (Å²) in [6.45, 7) is 4.14. The lowest BCUT2D eigenvalue weighted by molar-refractivity contribution is 0.0809. The van der Waals surface area contributed by atoms with Crippen LogP contribution in [-0.2, 0) is 0 Å². The van der Waals surface area contributed by atoms with Crippen LogP contribution < -0.4 is 10.9 Å². The van der Waals surface area contributed by atoms with Gasteiger partial charge >= 0.3 is 0 Å². The summed E-state index contributed by atoms with van der Waals surface area (Å²) in [5, 5.41) is 13.1. The summed E-state index contributed by atoms with van der Waals surface area (Å²) in [6.07, 6.45) is 1.09.